The molecule has 0 saturated heterocycles. The second kappa shape index (κ2) is 2.71. The van der Waals surface area contributed by atoms with E-state index in [9.17, 15) is 0 Å². The van der Waals surface area contributed by atoms with E-state index in [2.05, 4.69) is 26.0 Å². The molecule has 64 valence electrons. The number of anilines is 1. The minimum Gasteiger partial charge on any atom is -0.382 e. The van der Waals surface area contributed by atoms with Crippen LogP contribution in [0.1, 0.15) is 5.56 Å². The van der Waals surface area contributed by atoms with Crippen molar-refractivity contribution < 1.29 is 0 Å². The zero-order valence-electron chi connectivity index (χ0n) is 6.40. The first kappa shape index (κ1) is 8.01. The summed E-state index contributed by atoms with van der Waals surface area (Å²) < 4.78 is 2.22. The lowest BCUT2D eigenvalue weighted by Gasteiger charge is -1.96. The van der Waals surface area contributed by atoms with E-state index in [1.54, 1.807) is 6.07 Å². The molecule has 2 aromatic rings. The second-order valence-corrected chi connectivity index (χ2v) is 3.21. The van der Waals surface area contributed by atoms with E-state index >= 15 is 0 Å². The standard InChI is InChI=1S/C7H4BrN5/c8-5-1-4(2-9)6-7(10)11-3-12-13(5)6/h1,3H,(H2,10,11,12). The van der Waals surface area contributed by atoms with Crippen LogP contribution >= 0.6 is 15.9 Å². The first-order chi connectivity index (χ1) is 6.24. The molecule has 6 heteroatoms. The summed E-state index contributed by atoms with van der Waals surface area (Å²) in [4.78, 5) is 3.80. The molecule has 0 aliphatic heterocycles. The molecule has 0 unspecified atom stereocenters. The SMILES string of the molecule is N#Cc1cc(Br)n2ncnc(N)c12. The van der Waals surface area contributed by atoms with Crippen LogP contribution in [-0.2, 0) is 0 Å². The number of hydrogen-bond acceptors (Lipinski definition) is 4. The lowest BCUT2D eigenvalue weighted by molar-refractivity contribution is 0.889. The van der Waals surface area contributed by atoms with Crippen molar-refractivity contribution in [1.82, 2.24) is 14.6 Å². The average Bonchev–Trinajstić information content (AvgIpc) is 2.45. The van der Waals surface area contributed by atoms with Gasteiger partial charge < -0.3 is 5.73 Å². The number of nitriles is 1. The van der Waals surface area contributed by atoms with E-state index < -0.39 is 0 Å². The Morgan fingerprint density at radius 3 is 3.08 bits per heavy atom. The zero-order chi connectivity index (χ0) is 9.42. The molecule has 2 aromatic heterocycles. The predicted octanol–water partition coefficient (Wildman–Crippen LogP) is 0.946. The van der Waals surface area contributed by atoms with Gasteiger partial charge in [-0.25, -0.2) is 9.50 Å². The van der Waals surface area contributed by atoms with Crippen molar-refractivity contribution in [2.45, 2.75) is 0 Å². The summed E-state index contributed by atoms with van der Waals surface area (Å²) in [6.45, 7) is 0. The summed E-state index contributed by atoms with van der Waals surface area (Å²) >= 11 is 3.26. The van der Waals surface area contributed by atoms with Crippen LogP contribution in [0.25, 0.3) is 5.52 Å². The summed E-state index contributed by atoms with van der Waals surface area (Å²) in [6.07, 6.45) is 1.34. The van der Waals surface area contributed by atoms with Gasteiger partial charge in [0.1, 0.15) is 22.5 Å². The Balaban J connectivity index is 2.99. The van der Waals surface area contributed by atoms with Crippen LogP contribution in [0.2, 0.25) is 0 Å². The van der Waals surface area contributed by atoms with E-state index in [0.29, 0.717) is 21.5 Å². The van der Waals surface area contributed by atoms with Crippen LogP contribution in [0.15, 0.2) is 17.0 Å². The number of nitrogens with two attached hydrogens (primary N) is 1. The molecule has 0 saturated carbocycles. The summed E-state index contributed by atoms with van der Waals surface area (Å²) in [5.41, 5.74) is 6.60. The molecule has 0 spiro atoms. The van der Waals surface area contributed by atoms with Crippen LogP contribution in [0.4, 0.5) is 5.82 Å². The first-order valence-corrected chi connectivity index (χ1v) is 4.21. The summed E-state index contributed by atoms with van der Waals surface area (Å²) in [6, 6.07) is 3.67. The molecule has 0 radical (unpaired) electrons. The van der Waals surface area contributed by atoms with E-state index in [-0.39, 0.29) is 0 Å². The molecule has 0 aromatic carbocycles. The molecule has 0 aliphatic rings. The first-order valence-electron chi connectivity index (χ1n) is 3.42. The maximum Gasteiger partial charge on any atom is 0.152 e. The third-order valence-electron chi connectivity index (χ3n) is 1.66. The van der Waals surface area contributed by atoms with Gasteiger partial charge in [0.15, 0.2) is 5.82 Å². The quantitative estimate of drug-likeness (QED) is 0.740. The van der Waals surface area contributed by atoms with E-state index in [0.717, 1.165) is 0 Å². The molecule has 2 N–H and O–H groups in total. The number of aromatic nitrogens is 3. The maximum atomic E-state index is 8.78. The van der Waals surface area contributed by atoms with Crippen LogP contribution in [0.3, 0.4) is 0 Å². The highest BCUT2D eigenvalue weighted by Crippen LogP contribution is 2.22. The molecule has 5 nitrogen and oxygen atoms in total. The predicted molar refractivity (Wildman–Crippen MR) is 49.8 cm³/mol. The van der Waals surface area contributed by atoms with E-state index in [1.165, 1.54) is 10.8 Å². The zero-order valence-corrected chi connectivity index (χ0v) is 7.98. The Kier molecular flexibility index (Phi) is 1.67. The smallest absolute Gasteiger partial charge is 0.152 e. The number of halogens is 1. The molecular weight excluding hydrogens is 234 g/mol. The lowest BCUT2D eigenvalue weighted by atomic mass is 10.3. The van der Waals surface area contributed by atoms with Crippen molar-refractivity contribution >= 4 is 27.3 Å². The van der Waals surface area contributed by atoms with Crippen LogP contribution in [0, 0.1) is 11.3 Å². The third kappa shape index (κ3) is 1.05. The number of rotatable bonds is 0. The fraction of sp³-hybridized carbons (Fsp3) is 0. The molecule has 0 aliphatic carbocycles. The second-order valence-electron chi connectivity index (χ2n) is 2.40. The van der Waals surface area contributed by atoms with Crippen molar-refractivity contribution in [3.05, 3.63) is 22.6 Å². The van der Waals surface area contributed by atoms with Gasteiger partial charge in [0.05, 0.1) is 5.56 Å². The molecule has 13 heavy (non-hydrogen) atoms. The fourth-order valence-electron chi connectivity index (χ4n) is 1.11. The van der Waals surface area contributed by atoms with Crippen molar-refractivity contribution in [3.8, 4) is 6.07 Å². The number of fused-ring (bicyclic) bond motifs is 1. The Labute approximate surface area is 81.9 Å². The van der Waals surface area contributed by atoms with Crippen molar-refractivity contribution in [3.63, 3.8) is 0 Å². The topological polar surface area (TPSA) is 80.0 Å². The number of nitrogen functional groups attached to an aromatic ring is 1. The van der Waals surface area contributed by atoms with Gasteiger partial charge in [0.2, 0.25) is 0 Å². The van der Waals surface area contributed by atoms with Gasteiger partial charge in [-0.2, -0.15) is 10.4 Å². The Bertz CT molecular complexity index is 509. The highest BCUT2D eigenvalue weighted by Gasteiger charge is 2.10. The third-order valence-corrected chi connectivity index (χ3v) is 2.22. The average molecular weight is 238 g/mol. The molecule has 0 atom stereocenters. The van der Waals surface area contributed by atoms with Crippen LogP contribution < -0.4 is 5.73 Å². The highest BCUT2D eigenvalue weighted by atomic mass is 79.9. The molecule has 2 heterocycles. The molecule has 0 fully saturated rings. The van der Waals surface area contributed by atoms with Crippen molar-refractivity contribution in [2.75, 3.05) is 5.73 Å². The number of nitrogens with zero attached hydrogens (tertiary/aromatic N) is 4. The van der Waals surface area contributed by atoms with Gasteiger partial charge in [-0.1, -0.05) is 0 Å². The minimum atomic E-state index is 0.303. The molecule has 2 rings (SSSR count). The minimum absolute atomic E-state index is 0.303. The van der Waals surface area contributed by atoms with E-state index in [4.69, 9.17) is 11.0 Å². The van der Waals surface area contributed by atoms with Gasteiger partial charge in [-0.3, -0.25) is 0 Å². The van der Waals surface area contributed by atoms with Gasteiger partial charge in [-0.05, 0) is 22.0 Å². The van der Waals surface area contributed by atoms with Crippen LogP contribution in [0.5, 0.6) is 0 Å². The lowest BCUT2D eigenvalue weighted by Crippen LogP contribution is -1.99. The monoisotopic (exact) mass is 237 g/mol. The maximum absolute atomic E-state index is 8.78. The van der Waals surface area contributed by atoms with Crippen molar-refractivity contribution in [1.29, 1.82) is 5.26 Å². The van der Waals surface area contributed by atoms with Gasteiger partial charge in [0, 0.05) is 0 Å². The molecular formula is C7H4BrN5. The summed E-state index contributed by atoms with van der Waals surface area (Å²) in [5, 5.41) is 12.7. The summed E-state index contributed by atoms with van der Waals surface area (Å²) in [7, 11) is 0. The normalized spacial score (nSPS) is 10.2. The van der Waals surface area contributed by atoms with Gasteiger partial charge in [-0.15, -0.1) is 0 Å². The largest absolute Gasteiger partial charge is 0.382 e. The Hall–Kier alpha value is -1.61. The van der Waals surface area contributed by atoms with Gasteiger partial charge in [0.25, 0.3) is 0 Å². The Morgan fingerprint density at radius 1 is 1.62 bits per heavy atom. The summed E-state index contributed by atoms with van der Waals surface area (Å²) in [5.74, 6) is 0.303. The van der Waals surface area contributed by atoms with E-state index in [1.807, 2.05) is 6.07 Å². The highest BCUT2D eigenvalue weighted by molar-refractivity contribution is 9.10. The van der Waals surface area contributed by atoms with Gasteiger partial charge >= 0.3 is 0 Å². The van der Waals surface area contributed by atoms with Crippen LogP contribution in [-0.4, -0.2) is 14.6 Å². The molecule has 0 amide bonds. The fourth-order valence-corrected chi connectivity index (χ4v) is 1.61. The molecule has 0 bridgehead atoms. The van der Waals surface area contributed by atoms with Crippen molar-refractivity contribution in [2.24, 2.45) is 0 Å². The Morgan fingerprint density at radius 2 is 2.38 bits per heavy atom. The number of hydrogen-bond donors (Lipinski definition) is 1.